The number of hydrogen-bond donors (Lipinski definition) is 4. The van der Waals surface area contributed by atoms with Crippen LogP contribution in [0, 0.1) is 5.82 Å². The molecule has 3 aromatic rings. The summed E-state index contributed by atoms with van der Waals surface area (Å²) in [4.78, 5) is 37.9. The number of hydrogen-bond acceptors (Lipinski definition) is 4. The standard InChI is InChI=1S/C24H25FN4O3S/c1-2-5-20(29-24(32)26-15-16-9-11-17(25)12-10-16)22(30)27-18-6-3-7-19(14-18)28-23(31)21-8-4-13-33-21/h3-4,6-14,20H,2,5,15H2,1H3,(H,27,30)(H,28,31)(H2,26,29,32). The zero-order valence-electron chi connectivity index (χ0n) is 18.1. The van der Waals surface area contributed by atoms with Crippen LogP contribution in [0.2, 0.25) is 0 Å². The predicted octanol–water partition coefficient (Wildman–Crippen LogP) is 4.75. The maximum atomic E-state index is 13.0. The van der Waals surface area contributed by atoms with E-state index < -0.39 is 12.1 Å². The highest BCUT2D eigenvalue weighted by atomic mass is 32.1. The Balaban J connectivity index is 1.56. The minimum Gasteiger partial charge on any atom is -0.334 e. The zero-order chi connectivity index (χ0) is 23.6. The van der Waals surface area contributed by atoms with Gasteiger partial charge < -0.3 is 21.3 Å². The number of urea groups is 1. The molecule has 0 radical (unpaired) electrons. The van der Waals surface area contributed by atoms with E-state index in [0.29, 0.717) is 29.1 Å². The van der Waals surface area contributed by atoms with E-state index in [-0.39, 0.29) is 24.2 Å². The van der Waals surface area contributed by atoms with Crippen LogP contribution in [0.3, 0.4) is 0 Å². The molecular weight excluding hydrogens is 443 g/mol. The van der Waals surface area contributed by atoms with Crippen molar-refractivity contribution < 1.29 is 18.8 Å². The lowest BCUT2D eigenvalue weighted by Gasteiger charge is -2.18. The molecular formula is C24H25FN4O3S. The summed E-state index contributed by atoms with van der Waals surface area (Å²) in [5, 5.41) is 12.8. The van der Waals surface area contributed by atoms with Gasteiger partial charge in [-0.1, -0.05) is 37.6 Å². The van der Waals surface area contributed by atoms with Crippen molar-refractivity contribution in [2.45, 2.75) is 32.4 Å². The number of benzene rings is 2. The summed E-state index contributed by atoms with van der Waals surface area (Å²) in [7, 11) is 0. The van der Waals surface area contributed by atoms with Crippen LogP contribution in [0.25, 0.3) is 0 Å². The van der Waals surface area contributed by atoms with Gasteiger partial charge in [0.1, 0.15) is 11.9 Å². The smallest absolute Gasteiger partial charge is 0.315 e. The molecule has 4 amide bonds. The summed E-state index contributed by atoms with van der Waals surface area (Å²) in [6.07, 6.45) is 1.14. The number of rotatable bonds is 9. The lowest BCUT2D eigenvalue weighted by molar-refractivity contribution is -0.118. The molecule has 0 saturated carbocycles. The van der Waals surface area contributed by atoms with Crippen LogP contribution in [0.1, 0.15) is 35.0 Å². The minimum atomic E-state index is -0.743. The van der Waals surface area contributed by atoms with Crippen LogP contribution in [0.5, 0.6) is 0 Å². The second-order valence-corrected chi connectivity index (χ2v) is 8.24. The summed E-state index contributed by atoms with van der Waals surface area (Å²) < 4.78 is 13.0. The van der Waals surface area contributed by atoms with Crippen molar-refractivity contribution in [2.24, 2.45) is 0 Å². The topological polar surface area (TPSA) is 99.3 Å². The molecule has 3 rings (SSSR count). The molecule has 1 atom stereocenters. The quantitative estimate of drug-likeness (QED) is 0.365. The summed E-state index contributed by atoms with van der Waals surface area (Å²) >= 11 is 1.34. The van der Waals surface area contributed by atoms with E-state index >= 15 is 0 Å². The Bertz CT molecular complexity index is 1090. The van der Waals surface area contributed by atoms with Crippen LogP contribution in [-0.4, -0.2) is 23.9 Å². The molecule has 7 nitrogen and oxygen atoms in total. The van der Waals surface area contributed by atoms with Crippen molar-refractivity contribution in [3.8, 4) is 0 Å². The fraction of sp³-hybridized carbons (Fsp3) is 0.208. The van der Waals surface area contributed by atoms with Gasteiger partial charge in [0.05, 0.1) is 4.88 Å². The maximum absolute atomic E-state index is 13.0. The van der Waals surface area contributed by atoms with Gasteiger partial charge >= 0.3 is 6.03 Å². The van der Waals surface area contributed by atoms with Crippen molar-refractivity contribution in [1.29, 1.82) is 0 Å². The molecule has 172 valence electrons. The first-order valence-corrected chi connectivity index (χ1v) is 11.4. The van der Waals surface area contributed by atoms with E-state index in [0.717, 1.165) is 5.56 Å². The molecule has 1 heterocycles. The summed E-state index contributed by atoms with van der Waals surface area (Å²) in [6, 6.07) is 14.9. The van der Waals surface area contributed by atoms with Gasteiger partial charge in [-0.05, 0) is 53.8 Å². The average molecular weight is 469 g/mol. The minimum absolute atomic E-state index is 0.207. The number of anilines is 2. The molecule has 2 aromatic carbocycles. The summed E-state index contributed by atoms with van der Waals surface area (Å²) in [5.74, 6) is -0.939. The van der Waals surface area contributed by atoms with Crippen molar-refractivity contribution in [3.63, 3.8) is 0 Å². The third-order valence-corrected chi connectivity index (χ3v) is 5.57. The number of thiophene rings is 1. The van der Waals surface area contributed by atoms with E-state index in [1.807, 2.05) is 12.3 Å². The van der Waals surface area contributed by atoms with Gasteiger partial charge in [-0.2, -0.15) is 0 Å². The Morgan fingerprint density at radius 1 is 0.970 bits per heavy atom. The van der Waals surface area contributed by atoms with Crippen LogP contribution in [0.4, 0.5) is 20.6 Å². The molecule has 0 spiro atoms. The van der Waals surface area contributed by atoms with Crippen LogP contribution in [-0.2, 0) is 11.3 Å². The van der Waals surface area contributed by atoms with Gasteiger partial charge in [-0.15, -0.1) is 11.3 Å². The number of amides is 4. The zero-order valence-corrected chi connectivity index (χ0v) is 18.9. The first-order valence-electron chi connectivity index (χ1n) is 10.5. The molecule has 0 fully saturated rings. The van der Waals surface area contributed by atoms with E-state index in [1.54, 1.807) is 48.5 Å². The van der Waals surface area contributed by atoms with Gasteiger partial charge in [0.2, 0.25) is 5.91 Å². The van der Waals surface area contributed by atoms with Crippen molar-refractivity contribution in [3.05, 3.63) is 82.3 Å². The van der Waals surface area contributed by atoms with Gasteiger partial charge in [0, 0.05) is 17.9 Å². The van der Waals surface area contributed by atoms with Gasteiger partial charge in [0.25, 0.3) is 5.91 Å². The number of carbonyl (C=O) groups is 3. The summed E-state index contributed by atoms with van der Waals surface area (Å²) in [5.41, 5.74) is 1.78. The van der Waals surface area contributed by atoms with Gasteiger partial charge in [-0.3, -0.25) is 9.59 Å². The van der Waals surface area contributed by atoms with Crippen LogP contribution >= 0.6 is 11.3 Å². The maximum Gasteiger partial charge on any atom is 0.315 e. The molecule has 1 aromatic heterocycles. The average Bonchev–Trinajstić information content (AvgIpc) is 3.34. The highest BCUT2D eigenvalue weighted by Crippen LogP contribution is 2.18. The highest BCUT2D eigenvalue weighted by Gasteiger charge is 2.20. The Kier molecular flexibility index (Phi) is 8.54. The predicted molar refractivity (Wildman–Crippen MR) is 128 cm³/mol. The van der Waals surface area contributed by atoms with E-state index in [4.69, 9.17) is 0 Å². The van der Waals surface area contributed by atoms with Gasteiger partial charge in [-0.25, -0.2) is 9.18 Å². The van der Waals surface area contributed by atoms with E-state index in [9.17, 15) is 18.8 Å². The molecule has 0 bridgehead atoms. The third-order valence-electron chi connectivity index (χ3n) is 4.70. The molecule has 4 N–H and O–H groups in total. The molecule has 0 aliphatic heterocycles. The summed E-state index contributed by atoms with van der Waals surface area (Å²) in [6.45, 7) is 2.12. The molecule has 1 unspecified atom stereocenters. The SMILES string of the molecule is CCCC(NC(=O)NCc1ccc(F)cc1)C(=O)Nc1cccc(NC(=O)c2cccs2)c1. The van der Waals surface area contributed by atoms with Gasteiger partial charge in [0.15, 0.2) is 0 Å². The molecule has 9 heteroatoms. The lowest BCUT2D eigenvalue weighted by atomic mass is 10.1. The second kappa shape index (κ2) is 11.8. The second-order valence-electron chi connectivity index (χ2n) is 7.30. The number of nitrogens with one attached hydrogen (secondary N) is 4. The fourth-order valence-corrected chi connectivity index (χ4v) is 3.67. The van der Waals surface area contributed by atoms with Crippen LogP contribution in [0.15, 0.2) is 66.0 Å². The fourth-order valence-electron chi connectivity index (χ4n) is 3.06. The molecule has 33 heavy (non-hydrogen) atoms. The van der Waals surface area contributed by atoms with Crippen LogP contribution < -0.4 is 21.3 Å². The monoisotopic (exact) mass is 468 g/mol. The Hall–Kier alpha value is -3.72. The van der Waals surface area contributed by atoms with Crippen molar-refractivity contribution in [1.82, 2.24) is 10.6 Å². The lowest BCUT2D eigenvalue weighted by Crippen LogP contribution is -2.47. The molecule has 0 aliphatic rings. The largest absolute Gasteiger partial charge is 0.334 e. The third kappa shape index (κ3) is 7.43. The number of carbonyl (C=O) groups excluding carboxylic acids is 3. The first kappa shape index (κ1) is 23.9. The van der Waals surface area contributed by atoms with Crippen molar-refractivity contribution >= 4 is 40.6 Å². The molecule has 0 aliphatic carbocycles. The number of halogens is 1. The Morgan fingerprint density at radius 2 is 1.70 bits per heavy atom. The van der Waals surface area contributed by atoms with E-state index in [2.05, 4.69) is 21.3 Å². The Labute approximate surface area is 195 Å². The highest BCUT2D eigenvalue weighted by molar-refractivity contribution is 7.12. The normalized spacial score (nSPS) is 11.3. The van der Waals surface area contributed by atoms with Crippen molar-refractivity contribution in [2.75, 3.05) is 10.6 Å². The molecule has 0 saturated heterocycles. The van der Waals surface area contributed by atoms with E-state index in [1.165, 1.54) is 23.5 Å². The Morgan fingerprint density at radius 3 is 2.36 bits per heavy atom. The first-order chi connectivity index (χ1) is 15.9.